The standard InChI is InChI=1S/C14H17BrN2O/c15-12-6-3-7-13(10-12)16-8-9-17-14(18)11-4-1-2-5-11/h1-3,6-7,10-11,16H,4-5,8-9H2,(H,17,18). The van der Waals surface area contributed by atoms with Crippen molar-refractivity contribution >= 4 is 27.5 Å². The molecule has 0 fully saturated rings. The van der Waals surface area contributed by atoms with Gasteiger partial charge in [-0.25, -0.2) is 0 Å². The van der Waals surface area contributed by atoms with Gasteiger partial charge in [0, 0.05) is 29.2 Å². The highest BCUT2D eigenvalue weighted by Gasteiger charge is 2.18. The molecule has 0 unspecified atom stereocenters. The molecule has 1 amide bonds. The highest BCUT2D eigenvalue weighted by molar-refractivity contribution is 9.10. The first-order valence-electron chi connectivity index (χ1n) is 6.18. The molecule has 0 saturated carbocycles. The molecule has 2 rings (SSSR count). The van der Waals surface area contributed by atoms with Crippen molar-refractivity contribution in [2.24, 2.45) is 5.92 Å². The van der Waals surface area contributed by atoms with Crippen LogP contribution in [0.4, 0.5) is 5.69 Å². The summed E-state index contributed by atoms with van der Waals surface area (Å²) in [4.78, 5) is 11.7. The van der Waals surface area contributed by atoms with Gasteiger partial charge in [0.25, 0.3) is 0 Å². The Kier molecular flexibility index (Phi) is 4.81. The van der Waals surface area contributed by atoms with Gasteiger partial charge in [0.2, 0.25) is 5.91 Å². The number of hydrogen-bond acceptors (Lipinski definition) is 2. The Morgan fingerprint density at radius 1 is 1.28 bits per heavy atom. The second-order valence-corrected chi connectivity index (χ2v) is 5.28. The molecule has 3 nitrogen and oxygen atoms in total. The molecule has 1 aliphatic carbocycles. The third-order valence-corrected chi connectivity index (χ3v) is 3.45. The zero-order valence-electron chi connectivity index (χ0n) is 10.2. The Labute approximate surface area is 116 Å². The molecule has 18 heavy (non-hydrogen) atoms. The van der Waals surface area contributed by atoms with Crippen molar-refractivity contribution in [3.05, 3.63) is 40.9 Å². The van der Waals surface area contributed by atoms with E-state index in [1.165, 1.54) is 0 Å². The molecule has 0 aliphatic heterocycles. The predicted molar refractivity (Wildman–Crippen MR) is 77.5 cm³/mol. The van der Waals surface area contributed by atoms with Crippen LogP contribution < -0.4 is 10.6 Å². The van der Waals surface area contributed by atoms with Crippen molar-refractivity contribution in [1.82, 2.24) is 5.32 Å². The molecule has 0 bridgehead atoms. The first kappa shape index (κ1) is 13.1. The summed E-state index contributed by atoms with van der Waals surface area (Å²) < 4.78 is 1.05. The molecule has 0 radical (unpaired) electrons. The summed E-state index contributed by atoms with van der Waals surface area (Å²) in [6, 6.07) is 7.99. The van der Waals surface area contributed by atoms with Crippen molar-refractivity contribution in [3.8, 4) is 0 Å². The second-order valence-electron chi connectivity index (χ2n) is 4.37. The van der Waals surface area contributed by atoms with E-state index < -0.39 is 0 Å². The van der Waals surface area contributed by atoms with Gasteiger partial charge in [0.05, 0.1) is 0 Å². The van der Waals surface area contributed by atoms with Crippen LogP contribution in [0.15, 0.2) is 40.9 Å². The lowest BCUT2D eigenvalue weighted by molar-refractivity contribution is -0.124. The quantitative estimate of drug-likeness (QED) is 0.648. The molecule has 0 saturated heterocycles. The first-order chi connectivity index (χ1) is 8.75. The van der Waals surface area contributed by atoms with E-state index in [1.807, 2.05) is 24.3 Å². The molecule has 2 N–H and O–H groups in total. The van der Waals surface area contributed by atoms with Gasteiger partial charge in [-0.1, -0.05) is 34.1 Å². The monoisotopic (exact) mass is 308 g/mol. The number of halogens is 1. The second kappa shape index (κ2) is 6.59. The average Bonchev–Trinajstić information content (AvgIpc) is 2.88. The Morgan fingerprint density at radius 2 is 2.06 bits per heavy atom. The van der Waals surface area contributed by atoms with Crippen molar-refractivity contribution in [3.63, 3.8) is 0 Å². The lowest BCUT2D eigenvalue weighted by atomic mass is 10.1. The zero-order valence-corrected chi connectivity index (χ0v) is 11.7. The van der Waals surface area contributed by atoms with Crippen LogP contribution in [0.1, 0.15) is 12.8 Å². The minimum absolute atomic E-state index is 0.149. The number of carbonyl (C=O) groups excluding carboxylic acids is 1. The number of hydrogen-bond donors (Lipinski definition) is 2. The summed E-state index contributed by atoms with van der Waals surface area (Å²) in [5.74, 6) is 0.312. The Morgan fingerprint density at radius 3 is 2.78 bits per heavy atom. The highest BCUT2D eigenvalue weighted by Crippen LogP contribution is 2.17. The van der Waals surface area contributed by atoms with Crippen LogP contribution in [-0.4, -0.2) is 19.0 Å². The SMILES string of the molecule is O=C(NCCNc1cccc(Br)c1)C1CC=CC1. The number of nitrogens with one attached hydrogen (secondary N) is 2. The van der Waals surface area contributed by atoms with Gasteiger partial charge in [-0.2, -0.15) is 0 Å². The Balaban J connectivity index is 1.65. The maximum absolute atomic E-state index is 11.7. The maximum atomic E-state index is 11.7. The van der Waals surface area contributed by atoms with E-state index in [-0.39, 0.29) is 11.8 Å². The number of rotatable bonds is 5. The fourth-order valence-electron chi connectivity index (χ4n) is 1.97. The number of allylic oxidation sites excluding steroid dienone is 2. The Bertz CT molecular complexity index is 437. The van der Waals surface area contributed by atoms with Gasteiger partial charge in [0.1, 0.15) is 0 Å². The largest absolute Gasteiger partial charge is 0.383 e. The molecule has 0 aromatic heterocycles. The predicted octanol–water partition coefficient (Wildman–Crippen LogP) is 2.94. The van der Waals surface area contributed by atoms with Gasteiger partial charge in [0.15, 0.2) is 0 Å². The molecule has 1 aromatic rings. The van der Waals surface area contributed by atoms with Crippen LogP contribution in [-0.2, 0) is 4.79 Å². The third-order valence-electron chi connectivity index (χ3n) is 2.96. The summed E-state index contributed by atoms with van der Waals surface area (Å²) in [6.07, 6.45) is 5.91. The zero-order chi connectivity index (χ0) is 12.8. The van der Waals surface area contributed by atoms with Gasteiger partial charge < -0.3 is 10.6 Å². The van der Waals surface area contributed by atoms with Gasteiger partial charge >= 0.3 is 0 Å². The van der Waals surface area contributed by atoms with E-state index >= 15 is 0 Å². The molecule has 0 atom stereocenters. The average molecular weight is 309 g/mol. The van der Waals surface area contributed by atoms with Gasteiger partial charge in [-0.3, -0.25) is 4.79 Å². The van der Waals surface area contributed by atoms with E-state index in [0.717, 1.165) is 29.5 Å². The fourth-order valence-corrected chi connectivity index (χ4v) is 2.37. The molecule has 0 heterocycles. The van der Waals surface area contributed by atoms with Crippen LogP contribution in [0.2, 0.25) is 0 Å². The first-order valence-corrected chi connectivity index (χ1v) is 6.97. The van der Waals surface area contributed by atoms with Gasteiger partial charge in [-0.05, 0) is 31.0 Å². The van der Waals surface area contributed by atoms with E-state index in [1.54, 1.807) is 0 Å². The summed E-state index contributed by atoms with van der Waals surface area (Å²) >= 11 is 3.42. The van der Waals surface area contributed by atoms with Crippen LogP contribution >= 0.6 is 15.9 Å². The lowest BCUT2D eigenvalue weighted by Crippen LogP contribution is -2.33. The van der Waals surface area contributed by atoms with E-state index in [0.29, 0.717) is 6.54 Å². The highest BCUT2D eigenvalue weighted by atomic mass is 79.9. The number of amides is 1. The molecular formula is C14H17BrN2O. The van der Waals surface area contributed by atoms with Crippen molar-refractivity contribution < 1.29 is 4.79 Å². The minimum Gasteiger partial charge on any atom is -0.383 e. The van der Waals surface area contributed by atoms with E-state index in [2.05, 4.69) is 38.7 Å². The molecule has 4 heteroatoms. The van der Waals surface area contributed by atoms with Crippen molar-refractivity contribution in [2.45, 2.75) is 12.8 Å². The molecule has 0 spiro atoms. The smallest absolute Gasteiger partial charge is 0.223 e. The van der Waals surface area contributed by atoms with Crippen molar-refractivity contribution in [2.75, 3.05) is 18.4 Å². The molecule has 1 aromatic carbocycles. The Hall–Kier alpha value is -1.29. The van der Waals surface area contributed by atoms with Gasteiger partial charge in [-0.15, -0.1) is 0 Å². The summed E-state index contributed by atoms with van der Waals surface area (Å²) in [7, 11) is 0. The summed E-state index contributed by atoms with van der Waals surface area (Å²) in [5.41, 5.74) is 1.06. The topological polar surface area (TPSA) is 41.1 Å². The lowest BCUT2D eigenvalue weighted by Gasteiger charge is -2.11. The number of anilines is 1. The normalized spacial score (nSPS) is 14.7. The maximum Gasteiger partial charge on any atom is 0.223 e. The minimum atomic E-state index is 0.149. The summed E-state index contributed by atoms with van der Waals surface area (Å²) in [6.45, 7) is 1.39. The number of benzene rings is 1. The van der Waals surface area contributed by atoms with Crippen molar-refractivity contribution in [1.29, 1.82) is 0 Å². The van der Waals surface area contributed by atoms with E-state index in [4.69, 9.17) is 0 Å². The van der Waals surface area contributed by atoms with Crippen LogP contribution in [0, 0.1) is 5.92 Å². The van der Waals surface area contributed by atoms with Crippen LogP contribution in [0.25, 0.3) is 0 Å². The fraction of sp³-hybridized carbons (Fsp3) is 0.357. The molecule has 1 aliphatic rings. The van der Waals surface area contributed by atoms with E-state index in [9.17, 15) is 4.79 Å². The third kappa shape index (κ3) is 3.88. The van der Waals surface area contributed by atoms with Crippen LogP contribution in [0.3, 0.4) is 0 Å². The summed E-state index contributed by atoms with van der Waals surface area (Å²) in [5, 5.41) is 6.23. The molecule has 96 valence electrons. The van der Waals surface area contributed by atoms with Crippen LogP contribution in [0.5, 0.6) is 0 Å². The molecular weight excluding hydrogens is 292 g/mol. The number of carbonyl (C=O) groups is 1.